The highest BCUT2D eigenvalue weighted by Gasteiger charge is 2.16. The molecule has 1 nitrogen and oxygen atoms in total. The summed E-state index contributed by atoms with van der Waals surface area (Å²) in [5.41, 5.74) is 2.92. The molecule has 0 spiro atoms. The lowest BCUT2D eigenvalue weighted by molar-refractivity contribution is 0.316. The van der Waals surface area contributed by atoms with Crippen molar-refractivity contribution in [2.24, 2.45) is 5.92 Å². The van der Waals surface area contributed by atoms with Crippen molar-refractivity contribution in [3.8, 4) is 0 Å². The van der Waals surface area contributed by atoms with E-state index >= 15 is 0 Å². The monoisotopic (exact) mass is 287 g/mol. The lowest BCUT2D eigenvalue weighted by Gasteiger charge is -2.24. The molecule has 2 rings (SSSR count). The SMILES string of the molecule is CNC(CCC1CCCCC1)Cc1ccc(C(C)C)cc1. The third kappa shape index (κ3) is 5.47. The van der Waals surface area contributed by atoms with Crippen molar-refractivity contribution in [1.82, 2.24) is 5.32 Å². The Morgan fingerprint density at radius 1 is 1.05 bits per heavy atom. The molecular formula is C20H33N. The molecule has 118 valence electrons. The fourth-order valence-electron chi connectivity index (χ4n) is 3.58. The van der Waals surface area contributed by atoms with E-state index in [9.17, 15) is 0 Å². The van der Waals surface area contributed by atoms with Crippen LogP contribution in [0.5, 0.6) is 0 Å². The summed E-state index contributed by atoms with van der Waals surface area (Å²) in [6.45, 7) is 4.52. The van der Waals surface area contributed by atoms with Crippen LogP contribution in [-0.2, 0) is 6.42 Å². The zero-order valence-electron chi connectivity index (χ0n) is 14.2. The Morgan fingerprint density at radius 2 is 1.71 bits per heavy atom. The third-order valence-electron chi connectivity index (χ3n) is 5.18. The number of rotatable bonds is 7. The maximum Gasteiger partial charge on any atom is 0.0105 e. The number of nitrogens with one attached hydrogen (secondary N) is 1. The van der Waals surface area contributed by atoms with Crippen molar-refractivity contribution in [2.45, 2.75) is 77.2 Å². The average molecular weight is 287 g/mol. The Labute approximate surface area is 131 Å². The summed E-state index contributed by atoms with van der Waals surface area (Å²) in [6.07, 6.45) is 11.2. The first kappa shape index (κ1) is 16.5. The van der Waals surface area contributed by atoms with Crippen LogP contribution in [0.25, 0.3) is 0 Å². The standard InChI is InChI=1S/C20H33N/c1-16(2)19-12-9-18(10-13-19)15-20(21-3)14-11-17-7-5-4-6-8-17/h9-10,12-13,16-17,20-21H,4-8,11,14-15H2,1-3H3. The van der Waals surface area contributed by atoms with Crippen LogP contribution in [-0.4, -0.2) is 13.1 Å². The Bertz CT molecular complexity index is 387. The number of hydrogen-bond donors (Lipinski definition) is 1. The minimum absolute atomic E-state index is 0.630. The molecule has 0 heterocycles. The van der Waals surface area contributed by atoms with E-state index in [1.165, 1.54) is 62.5 Å². The van der Waals surface area contributed by atoms with Crippen molar-refractivity contribution in [1.29, 1.82) is 0 Å². The highest BCUT2D eigenvalue weighted by Crippen LogP contribution is 2.28. The van der Waals surface area contributed by atoms with Crippen LogP contribution in [0, 0.1) is 5.92 Å². The molecule has 1 unspecified atom stereocenters. The van der Waals surface area contributed by atoms with Crippen molar-refractivity contribution in [2.75, 3.05) is 7.05 Å². The first-order valence-corrected chi connectivity index (χ1v) is 8.95. The Hall–Kier alpha value is -0.820. The number of hydrogen-bond acceptors (Lipinski definition) is 1. The van der Waals surface area contributed by atoms with Gasteiger partial charge in [0.1, 0.15) is 0 Å². The van der Waals surface area contributed by atoms with Gasteiger partial charge in [-0.15, -0.1) is 0 Å². The maximum atomic E-state index is 3.53. The second-order valence-electron chi connectivity index (χ2n) is 7.17. The first-order valence-electron chi connectivity index (χ1n) is 8.95. The molecule has 1 aromatic carbocycles. The summed E-state index contributed by atoms with van der Waals surface area (Å²) in [6, 6.07) is 9.87. The van der Waals surface area contributed by atoms with E-state index < -0.39 is 0 Å². The van der Waals surface area contributed by atoms with Gasteiger partial charge in [0.15, 0.2) is 0 Å². The summed E-state index contributed by atoms with van der Waals surface area (Å²) in [4.78, 5) is 0. The van der Waals surface area contributed by atoms with Gasteiger partial charge >= 0.3 is 0 Å². The molecular weight excluding hydrogens is 254 g/mol. The third-order valence-corrected chi connectivity index (χ3v) is 5.18. The molecule has 0 radical (unpaired) electrons. The van der Waals surface area contributed by atoms with E-state index in [0.29, 0.717) is 12.0 Å². The molecule has 0 amide bonds. The molecule has 1 heteroatoms. The molecule has 0 saturated heterocycles. The van der Waals surface area contributed by atoms with Gasteiger partial charge in [0.05, 0.1) is 0 Å². The minimum atomic E-state index is 0.630. The molecule has 1 aliphatic rings. The second-order valence-corrected chi connectivity index (χ2v) is 7.17. The van der Waals surface area contributed by atoms with Gasteiger partial charge < -0.3 is 5.32 Å². The largest absolute Gasteiger partial charge is 0.317 e. The zero-order chi connectivity index (χ0) is 15.1. The number of benzene rings is 1. The van der Waals surface area contributed by atoms with Gasteiger partial charge in [-0.25, -0.2) is 0 Å². The summed E-state index contributed by atoms with van der Waals surface area (Å²) in [7, 11) is 2.12. The predicted octanol–water partition coefficient (Wildman–Crippen LogP) is 5.30. The van der Waals surface area contributed by atoms with Gasteiger partial charge in [0.2, 0.25) is 0 Å². The van der Waals surface area contributed by atoms with Crippen LogP contribution in [0.1, 0.15) is 75.8 Å². The normalized spacial score (nSPS) is 18.1. The lowest BCUT2D eigenvalue weighted by Crippen LogP contribution is -2.28. The Morgan fingerprint density at radius 3 is 2.29 bits per heavy atom. The first-order chi connectivity index (χ1) is 10.2. The Balaban J connectivity index is 1.80. The van der Waals surface area contributed by atoms with Crippen LogP contribution in [0.3, 0.4) is 0 Å². The maximum absolute atomic E-state index is 3.53. The number of likely N-dealkylation sites (N-methyl/N-ethyl adjacent to an activating group) is 1. The zero-order valence-corrected chi connectivity index (χ0v) is 14.2. The van der Waals surface area contributed by atoms with Crippen LogP contribution < -0.4 is 5.32 Å². The lowest BCUT2D eigenvalue weighted by atomic mass is 9.84. The van der Waals surface area contributed by atoms with Gasteiger partial charge in [0.25, 0.3) is 0 Å². The van der Waals surface area contributed by atoms with E-state index in [1.807, 2.05) is 0 Å². The molecule has 0 aliphatic heterocycles. The Kier molecular flexibility index (Phi) is 6.76. The minimum Gasteiger partial charge on any atom is -0.317 e. The van der Waals surface area contributed by atoms with E-state index in [2.05, 4.69) is 50.5 Å². The van der Waals surface area contributed by atoms with Crippen molar-refractivity contribution < 1.29 is 0 Å². The van der Waals surface area contributed by atoms with Crippen molar-refractivity contribution >= 4 is 0 Å². The summed E-state index contributed by atoms with van der Waals surface area (Å²) in [5.74, 6) is 1.63. The van der Waals surface area contributed by atoms with Crippen molar-refractivity contribution in [3.63, 3.8) is 0 Å². The van der Waals surface area contributed by atoms with E-state index in [-0.39, 0.29) is 0 Å². The predicted molar refractivity (Wildman–Crippen MR) is 92.9 cm³/mol. The second kappa shape index (κ2) is 8.58. The molecule has 1 aliphatic carbocycles. The van der Waals surface area contributed by atoms with Gasteiger partial charge in [-0.05, 0) is 49.3 Å². The van der Waals surface area contributed by atoms with Gasteiger partial charge in [0, 0.05) is 6.04 Å². The molecule has 1 atom stereocenters. The smallest absolute Gasteiger partial charge is 0.0105 e. The molecule has 21 heavy (non-hydrogen) atoms. The van der Waals surface area contributed by atoms with Crippen LogP contribution >= 0.6 is 0 Å². The molecule has 1 saturated carbocycles. The highest BCUT2D eigenvalue weighted by atomic mass is 14.9. The fourth-order valence-corrected chi connectivity index (χ4v) is 3.58. The summed E-state index contributed by atoms with van der Waals surface area (Å²) < 4.78 is 0. The summed E-state index contributed by atoms with van der Waals surface area (Å²) in [5, 5.41) is 3.53. The van der Waals surface area contributed by atoms with E-state index in [4.69, 9.17) is 0 Å². The van der Waals surface area contributed by atoms with E-state index in [1.54, 1.807) is 0 Å². The molecule has 1 N–H and O–H groups in total. The average Bonchev–Trinajstić information content (AvgIpc) is 2.53. The van der Waals surface area contributed by atoms with Crippen molar-refractivity contribution in [3.05, 3.63) is 35.4 Å². The van der Waals surface area contributed by atoms with Crippen LogP contribution in [0.2, 0.25) is 0 Å². The molecule has 1 fully saturated rings. The van der Waals surface area contributed by atoms with Crippen LogP contribution in [0.15, 0.2) is 24.3 Å². The van der Waals surface area contributed by atoms with Gasteiger partial charge in [-0.2, -0.15) is 0 Å². The quantitative estimate of drug-likeness (QED) is 0.717. The van der Waals surface area contributed by atoms with Gasteiger partial charge in [-0.3, -0.25) is 0 Å². The van der Waals surface area contributed by atoms with Crippen LogP contribution in [0.4, 0.5) is 0 Å². The highest BCUT2D eigenvalue weighted by molar-refractivity contribution is 5.25. The molecule has 0 bridgehead atoms. The van der Waals surface area contributed by atoms with Gasteiger partial charge in [-0.1, -0.05) is 70.2 Å². The van der Waals surface area contributed by atoms with E-state index in [0.717, 1.165) is 5.92 Å². The topological polar surface area (TPSA) is 12.0 Å². The fraction of sp³-hybridized carbons (Fsp3) is 0.700. The summed E-state index contributed by atoms with van der Waals surface area (Å²) >= 11 is 0. The molecule has 1 aromatic rings. The molecule has 0 aromatic heterocycles.